The molecule has 0 bridgehead atoms. The first-order chi connectivity index (χ1) is 13.5. The van der Waals surface area contributed by atoms with Crippen LogP contribution in [0.3, 0.4) is 0 Å². The van der Waals surface area contributed by atoms with Gasteiger partial charge in [-0.3, -0.25) is 10.1 Å². The number of carbonyl (C=O) groups is 1. The first-order valence-corrected chi connectivity index (χ1v) is 10.3. The summed E-state index contributed by atoms with van der Waals surface area (Å²) in [6.07, 6.45) is 0.960. The molecule has 0 aliphatic carbocycles. The van der Waals surface area contributed by atoms with E-state index in [4.69, 9.17) is 9.47 Å². The number of carbonyl (C=O) groups excluding carboxylic acids is 1. The lowest BCUT2D eigenvalue weighted by atomic mass is 10.0. The number of anilines is 1. The van der Waals surface area contributed by atoms with Crippen molar-refractivity contribution in [2.75, 3.05) is 18.5 Å². The van der Waals surface area contributed by atoms with Gasteiger partial charge in [-0.15, -0.1) is 0 Å². The van der Waals surface area contributed by atoms with E-state index in [9.17, 15) is 4.79 Å². The van der Waals surface area contributed by atoms with E-state index in [1.807, 2.05) is 31.2 Å². The Morgan fingerprint density at radius 2 is 2.00 bits per heavy atom. The maximum atomic E-state index is 12.3. The Labute approximate surface area is 169 Å². The van der Waals surface area contributed by atoms with Gasteiger partial charge in [0.25, 0.3) is 5.91 Å². The Morgan fingerprint density at radius 1 is 1.18 bits per heavy atom. The Bertz CT molecular complexity index is 966. The average molecular weight is 399 g/mol. The fourth-order valence-corrected chi connectivity index (χ4v) is 3.72. The fraction of sp³-hybridized carbons (Fsp3) is 0.364. The highest BCUT2D eigenvalue weighted by Gasteiger charge is 2.12. The van der Waals surface area contributed by atoms with Crippen LogP contribution in [0.4, 0.5) is 5.13 Å². The quantitative estimate of drug-likeness (QED) is 0.542. The molecule has 148 valence electrons. The van der Waals surface area contributed by atoms with Crippen LogP contribution >= 0.6 is 11.3 Å². The number of aryl methyl sites for hydroxylation is 1. The standard InChI is InChI=1S/C22H26N2O3S/c1-5-10-26-16-7-9-18-20(12-16)28-22(23-18)24-21(25)13-27-19-11-15(4)6-8-17(19)14(2)3/h6-9,11-12,14H,5,10,13H2,1-4H3,(H,23,24,25). The summed E-state index contributed by atoms with van der Waals surface area (Å²) in [5.74, 6) is 1.68. The molecule has 1 heterocycles. The number of ether oxygens (including phenoxy) is 2. The molecular formula is C22H26N2O3S. The molecule has 0 unspecified atom stereocenters. The molecule has 1 amide bonds. The van der Waals surface area contributed by atoms with Crippen LogP contribution in [0.1, 0.15) is 44.2 Å². The minimum atomic E-state index is -0.224. The lowest BCUT2D eigenvalue weighted by Gasteiger charge is -2.14. The molecular weight excluding hydrogens is 372 g/mol. The molecule has 0 radical (unpaired) electrons. The van der Waals surface area contributed by atoms with Crippen LogP contribution < -0.4 is 14.8 Å². The molecule has 5 nitrogen and oxygen atoms in total. The van der Waals surface area contributed by atoms with Gasteiger partial charge in [0.1, 0.15) is 11.5 Å². The van der Waals surface area contributed by atoms with Gasteiger partial charge in [-0.2, -0.15) is 0 Å². The summed E-state index contributed by atoms with van der Waals surface area (Å²) in [4.78, 5) is 16.8. The van der Waals surface area contributed by atoms with Gasteiger partial charge >= 0.3 is 0 Å². The molecule has 0 aliphatic heterocycles. The van der Waals surface area contributed by atoms with Gasteiger partial charge in [-0.25, -0.2) is 4.98 Å². The minimum absolute atomic E-state index is 0.0516. The lowest BCUT2D eigenvalue weighted by molar-refractivity contribution is -0.118. The lowest BCUT2D eigenvalue weighted by Crippen LogP contribution is -2.20. The third-order valence-electron chi connectivity index (χ3n) is 4.23. The summed E-state index contributed by atoms with van der Waals surface area (Å²) in [5, 5.41) is 3.39. The number of nitrogens with one attached hydrogen (secondary N) is 1. The number of amides is 1. The van der Waals surface area contributed by atoms with Crippen molar-refractivity contribution in [2.45, 2.75) is 40.0 Å². The molecule has 0 saturated carbocycles. The molecule has 3 rings (SSSR count). The summed E-state index contributed by atoms with van der Waals surface area (Å²) in [5.41, 5.74) is 3.04. The van der Waals surface area contributed by atoms with E-state index >= 15 is 0 Å². The second-order valence-corrected chi connectivity index (χ2v) is 8.06. The zero-order valence-corrected chi connectivity index (χ0v) is 17.6. The molecule has 0 saturated heterocycles. The predicted molar refractivity (Wildman–Crippen MR) is 115 cm³/mol. The molecule has 28 heavy (non-hydrogen) atoms. The van der Waals surface area contributed by atoms with E-state index < -0.39 is 0 Å². The second kappa shape index (κ2) is 9.06. The van der Waals surface area contributed by atoms with Crippen molar-refractivity contribution in [3.63, 3.8) is 0 Å². The van der Waals surface area contributed by atoms with Crippen molar-refractivity contribution in [1.29, 1.82) is 0 Å². The summed E-state index contributed by atoms with van der Waals surface area (Å²) in [6, 6.07) is 11.8. The zero-order chi connectivity index (χ0) is 20.1. The largest absolute Gasteiger partial charge is 0.494 e. The van der Waals surface area contributed by atoms with E-state index in [2.05, 4.69) is 43.2 Å². The van der Waals surface area contributed by atoms with E-state index in [1.54, 1.807) is 0 Å². The molecule has 1 N–H and O–H groups in total. The van der Waals surface area contributed by atoms with Crippen molar-refractivity contribution in [1.82, 2.24) is 4.98 Å². The number of benzene rings is 2. The van der Waals surface area contributed by atoms with Gasteiger partial charge in [-0.1, -0.05) is 44.2 Å². The van der Waals surface area contributed by atoms with Crippen LogP contribution in [-0.4, -0.2) is 24.1 Å². The summed E-state index contributed by atoms with van der Waals surface area (Å²) < 4.78 is 12.4. The number of aromatic nitrogens is 1. The van der Waals surface area contributed by atoms with Crippen LogP contribution in [0.25, 0.3) is 10.2 Å². The van der Waals surface area contributed by atoms with Crippen LogP contribution in [-0.2, 0) is 4.79 Å². The summed E-state index contributed by atoms with van der Waals surface area (Å²) in [6.45, 7) is 8.93. The van der Waals surface area contributed by atoms with Crippen LogP contribution in [0, 0.1) is 6.92 Å². The molecule has 3 aromatic rings. The van der Waals surface area contributed by atoms with Crippen molar-refractivity contribution >= 4 is 32.6 Å². The maximum absolute atomic E-state index is 12.3. The van der Waals surface area contributed by atoms with Crippen molar-refractivity contribution in [3.05, 3.63) is 47.5 Å². The highest BCUT2D eigenvalue weighted by molar-refractivity contribution is 7.22. The molecule has 0 fully saturated rings. The van der Waals surface area contributed by atoms with Crippen LogP contribution in [0.2, 0.25) is 0 Å². The number of hydrogen-bond donors (Lipinski definition) is 1. The molecule has 1 aromatic heterocycles. The number of thiazole rings is 1. The predicted octanol–water partition coefficient (Wildman–Crippen LogP) is 5.53. The topological polar surface area (TPSA) is 60.5 Å². The molecule has 0 aliphatic rings. The Balaban J connectivity index is 1.64. The van der Waals surface area contributed by atoms with Gasteiger partial charge in [0, 0.05) is 0 Å². The van der Waals surface area contributed by atoms with E-state index in [-0.39, 0.29) is 12.5 Å². The molecule has 2 aromatic carbocycles. The smallest absolute Gasteiger partial charge is 0.264 e. The Hall–Kier alpha value is -2.60. The molecule has 0 atom stereocenters. The van der Waals surface area contributed by atoms with Crippen LogP contribution in [0.5, 0.6) is 11.5 Å². The maximum Gasteiger partial charge on any atom is 0.264 e. The van der Waals surface area contributed by atoms with Crippen molar-refractivity contribution < 1.29 is 14.3 Å². The fourth-order valence-electron chi connectivity index (χ4n) is 2.81. The highest BCUT2D eigenvalue weighted by Crippen LogP contribution is 2.30. The average Bonchev–Trinajstić information content (AvgIpc) is 3.05. The third kappa shape index (κ3) is 5.01. The van der Waals surface area contributed by atoms with E-state index in [0.29, 0.717) is 17.7 Å². The highest BCUT2D eigenvalue weighted by atomic mass is 32.1. The minimum Gasteiger partial charge on any atom is -0.494 e. The SMILES string of the molecule is CCCOc1ccc2nc(NC(=O)COc3cc(C)ccc3C(C)C)sc2c1. The monoisotopic (exact) mass is 398 g/mol. The second-order valence-electron chi connectivity index (χ2n) is 7.03. The first kappa shape index (κ1) is 20.1. The summed E-state index contributed by atoms with van der Waals surface area (Å²) in [7, 11) is 0. The zero-order valence-electron chi connectivity index (χ0n) is 16.7. The number of hydrogen-bond acceptors (Lipinski definition) is 5. The van der Waals surface area contributed by atoms with Gasteiger partial charge in [0.15, 0.2) is 11.7 Å². The number of fused-ring (bicyclic) bond motifs is 1. The van der Waals surface area contributed by atoms with E-state index in [0.717, 1.165) is 39.3 Å². The Kier molecular flexibility index (Phi) is 6.52. The van der Waals surface area contributed by atoms with E-state index in [1.165, 1.54) is 11.3 Å². The number of rotatable bonds is 8. The number of nitrogens with zero attached hydrogens (tertiary/aromatic N) is 1. The van der Waals surface area contributed by atoms with Crippen molar-refractivity contribution in [2.24, 2.45) is 0 Å². The van der Waals surface area contributed by atoms with Crippen molar-refractivity contribution in [3.8, 4) is 11.5 Å². The van der Waals surface area contributed by atoms with Gasteiger partial charge in [-0.05, 0) is 54.7 Å². The van der Waals surface area contributed by atoms with Crippen LogP contribution in [0.15, 0.2) is 36.4 Å². The van der Waals surface area contributed by atoms with Gasteiger partial charge in [0.2, 0.25) is 0 Å². The molecule has 6 heteroatoms. The normalized spacial score (nSPS) is 11.0. The summed E-state index contributed by atoms with van der Waals surface area (Å²) >= 11 is 1.43. The van der Waals surface area contributed by atoms with Gasteiger partial charge < -0.3 is 9.47 Å². The third-order valence-corrected chi connectivity index (χ3v) is 5.16. The van der Waals surface area contributed by atoms with Gasteiger partial charge in [0.05, 0.1) is 16.8 Å². The first-order valence-electron chi connectivity index (χ1n) is 9.53. The Morgan fingerprint density at radius 3 is 2.75 bits per heavy atom. The molecule has 0 spiro atoms.